The van der Waals surface area contributed by atoms with Crippen molar-refractivity contribution in [3.63, 3.8) is 0 Å². The summed E-state index contributed by atoms with van der Waals surface area (Å²) in [6, 6.07) is 0.745. The molecule has 1 saturated heterocycles. The Labute approximate surface area is 106 Å². The minimum absolute atomic E-state index is 0.355. The van der Waals surface area contributed by atoms with Crippen molar-refractivity contribution in [1.29, 1.82) is 0 Å². The van der Waals surface area contributed by atoms with E-state index in [9.17, 15) is 0 Å². The highest BCUT2D eigenvalue weighted by molar-refractivity contribution is 4.91. The third kappa shape index (κ3) is 3.43. The standard InChI is InChI=1S/C14H28N2O/c1-4-15-9-14(7-8-17-11-14)10-16(3)12(2)13-5-6-13/h12-13,15H,4-11H2,1-3H3. The molecule has 17 heavy (non-hydrogen) atoms. The van der Waals surface area contributed by atoms with Gasteiger partial charge >= 0.3 is 0 Å². The minimum Gasteiger partial charge on any atom is -0.381 e. The highest BCUT2D eigenvalue weighted by atomic mass is 16.5. The Bertz CT molecular complexity index is 234. The first-order valence-corrected chi connectivity index (χ1v) is 7.15. The minimum atomic E-state index is 0.355. The van der Waals surface area contributed by atoms with Crippen molar-refractivity contribution < 1.29 is 4.74 Å². The largest absolute Gasteiger partial charge is 0.381 e. The Morgan fingerprint density at radius 1 is 1.47 bits per heavy atom. The molecule has 1 saturated carbocycles. The summed E-state index contributed by atoms with van der Waals surface area (Å²) in [5, 5.41) is 3.51. The molecule has 2 fully saturated rings. The average Bonchev–Trinajstić information content (AvgIpc) is 3.08. The fraction of sp³-hybridized carbons (Fsp3) is 1.00. The molecule has 2 aliphatic rings. The van der Waals surface area contributed by atoms with Gasteiger partial charge in [0.15, 0.2) is 0 Å². The molecular weight excluding hydrogens is 212 g/mol. The third-order valence-corrected chi connectivity index (χ3v) is 4.52. The van der Waals surface area contributed by atoms with Crippen LogP contribution in [0.2, 0.25) is 0 Å². The molecule has 100 valence electrons. The molecule has 0 amide bonds. The first-order valence-electron chi connectivity index (χ1n) is 7.15. The maximum atomic E-state index is 5.65. The summed E-state index contributed by atoms with van der Waals surface area (Å²) in [6.45, 7) is 9.78. The summed E-state index contributed by atoms with van der Waals surface area (Å²) in [6.07, 6.45) is 4.08. The molecule has 0 aromatic heterocycles. The number of nitrogens with one attached hydrogen (secondary N) is 1. The fourth-order valence-electron chi connectivity index (χ4n) is 2.97. The van der Waals surface area contributed by atoms with Gasteiger partial charge < -0.3 is 15.0 Å². The van der Waals surface area contributed by atoms with E-state index >= 15 is 0 Å². The first kappa shape index (κ1) is 13.3. The Morgan fingerprint density at radius 3 is 2.76 bits per heavy atom. The fourth-order valence-corrected chi connectivity index (χ4v) is 2.97. The molecule has 0 spiro atoms. The SMILES string of the molecule is CCNCC1(CN(C)C(C)C2CC2)CCOC1. The maximum Gasteiger partial charge on any atom is 0.0547 e. The molecule has 1 aliphatic carbocycles. The van der Waals surface area contributed by atoms with Crippen LogP contribution in [-0.2, 0) is 4.74 Å². The number of nitrogens with zero attached hydrogens (tertiary/aromatic N) is 1. The molecule has 2 atom stereocenters. The van der Waals surface area contributed by atoms with Crippen molar-refractivity contribution in [3.8, 4) is 0 Å². The van der Waals surface area contributed by atoms with Crippen molar-refractivity contribution in [2.75, 3.05) is 39.9 Å². The normalized spacial score (nSPS) is 31.1. The molecule has 0 aromatic rings. The molecule has 0 aromatic carbocycles. The monoisotopic (exact) mass is 240 g/mol. The molecule has 0 bridgehead atoms. The van der Waals surface area contributed by atoms with Gasteiger partial charge in [-0.05, 0) is 45.7 Å². The molecule has 1 N–H and O–H groups in total. The lowest BCUT2D eigenvalue weighted by molar-refractivity contribution is 0.0995. The van der Waals surface area contributed by atoms with Crippen LogP contribution in [-0.4, -0.2) is 50.8 Å². The Kier molecular flexibility index (Phi) is 4.45. The second kappa shape index (κ2) is 5.68. The molecule has 2 rings (SSSR count). The van der Waals surface area contributed by atoms with Crippen LogP contribution in [0.25, 0.3) is 0 Å². The predicted molar refractivity (Wildman–Crippen MR) is 71.2 cm³/mol. The zero-order valence-corrected chi connectivity index (χ0v) is 11.7. The Hall–Kier alpha value is -0.120. The van der Waals surface area contributed by atoms with E-state index in [0.717, 1.165) is 38.3 Å². The maximum absolute atomic E-state index is 5.65. The van der Waals surface area contributed by atoms with Gasteiger partial charge in [0.1, 0.15) is 0 Å². The van der Waals surface area contributed by atoms with E-state index in [1.54, 1.807) is 0 Å². The van der Waals surface area contributed by atoms with Crippen molar-refractivity contribution in [3.05, 3.63) is 0 Å². The van der Waals surface area contributed by atoms with Gasteiger partial charge in [0.25, 0.3) is 0 Å². The van der Waals surface area contributed by atoms with Gasteiger partial charge in [0.2, 0.25) is 0 Å². The Balaban J connectivity index is 1.87. The van der Waals surface area contributed by atoms with Crippen molar-refractivity contribution in [1.82, 2.24) is 10.2 Å². The van der Waals surface area contributed by atoms with Gasteiger partial charge in [0, 0.05) is 31.2 Å². The molecular formula is C14H28N2O. The van der Waals surface area contributed by atoms with E-state index in [4.69, 9.17) is 4.74 Å². The van der Waals surface area contributed by atoms with E-state index in [1.165, 1.54) is 25.8 Å². The number of hydrogen-bond acceptors (Lipinski definition) is 3. The lowest BCUT2D eigenvalue weighted by Crippen LogP contribution is -2.46. The lowest BCUT2D eigenvalue weighted by Gasteiger charge is -2.35. The van der Waals surface area contributed by atoms with Crippen LogP contribution in [0.1, 0.15) is 33.1 Å². The van der Waals surface area contributed by atoms with Gasteiger partial charge in [-0.1, -0.05) is 6.92 Å². The smallest absolute Gasteiger partial charge is 0.0547 e. The van der Waals surface area contributed by atoms with Crippen LogP contribution in [0.3, 0.4) is 0 Å². The summed E-state index contributed by atoms with van der Waals surface area (Å²) in [5.41, 5.74) is 0.355. The second-order valence-corrected chi connectivity index (χ2v) is 6.08. The summed E-state index contributed by atoms with van der Waals surface area (Å²) < 4.78 is 5.65. The number of rotatable bonds is 7. The summed E-state index contributed by atoms with van der Waals surface area (Å²) >= 11 is 0. The Morgan fingerprint density at radius 2 is 2.24 bits per heavy atom. The third-order valence-electron chi connectivity index (χ3n) is 4.52. The van der Waals surface area contributed by atoms with Gasteiger partial charge in [-0.3, -0.25) is 0 Å². The van der Waals surface area contributed by atoms with Crippen LogP contribution >= 0.6 is 0 Å². The van der Waals surface area contributed by atoms with Gasteiger partial charge in [-0.2, -0.15) is 0 Å². The van der Waals surface area contributed by atoms with Crippen LogP contribution in [0.5, 0.6) is 0 Å². The van der Waals surface area contributed by atoms with Gasteiger partial charge in [0.05, 0.1) is 6.61 Å². The molecule has 0 radical (unpaired) electrons. The number of ether oxygens (including phenoxy) is 1. The van der Waals surface area contributed by atoms with E-state index in [1.807, 2.05) is 0 Å². The van der Waals surface area contributed by atoms with Crippen LogP contribution in [0, 0.1) is 11.3 Å². The van der Waals surface area contributed by atoms with E-state index < -0.39 is 0 Å². The van der Waals surface area contributed by atoms with Crippen LogP contribution < -0.4 is 5.32 Å². The van der Waals surface area contributed by atoms with E-state index in [0.29, 0.717) is 5.41 Å². The predicted octanol–water partition coefficient (Wildman–Crippen LogP) is 1.73. The highest BCUT2D eigenvalue weighted by Crippen LogP contribution is 2.37. The average molecular weight is 240 g/mol. The lowest BCUT2D eigenvalue weighted by atomic mass is 9.86. The van der Waals surface area contributed by atoms with Gasteiger partial charge in [-0.15, -0.1) is 0 Å². The molecule has 3 nitrogen and oxygen atoms in total. The second-order valence-electron chi connectivity index (χ2n) is 6.08. The zero-order valence-electron chi connectivity index (χ0n) is 11.7. The first-order chi connectivity index (χ1) is 8.17. The van der Waals surface area contributed by atoms with Gasteiger partial charge in [-0.25, -0.2) is 0 Å². The van der Waals surface area contributed by atoms with E-state index in [2.05, 4.69) is 31.1 Å². The molecule has 1 heterocycles. The summed E-state index contributed by atoms with van der Waals surface area (Å²) in [7, 11) is 2.29. The molecule has 1 aliphatic heterocycles. The summed E-state index contributed by atoms with van der Waals surface area (Å²) in [5.74, 6) is 0.957. The quantitative estimate of drug-likeness (QED) is 0.733. The van der Waals surface area contributed by atoms with Crippen molar-refractivity contribution in [2.45, 2.75) is 39.2 Å². The molecule has 2 unspecified atom stereocenters. The van der Waals surface area contributed by atoms with Crippen LogP contribution in [0.4, 0.5) is 0 Å². The van der Waals surface area contributed by atoms with Crippen LogP contribution in [0.15, 0.2) is 0 Å². The molecule has 3 heteroatoms. The van der Waals surface area contributed by atoms with Crippen molar-refractivity contribution >= 4 is 0 Å². The highest BCUT2D eigenvalue weighted by Gasteiger charge is 2.38. The summed E-state index contributed by atoms with van der Waals surface area (Å²) in [4.78, 5) is 2.56. The van der Waals surface area contributed by atoms with Crippen molar-refractivity contribution in [2.24, 2.45) is 11.3 Å². The zero-order chi connectivity index (χ0) is 12.3. The number of hydrogen-bond donors (Lipinski definition) is 1. The van der Waals surface area contributed by atoms with E-state index in [-0.39, 0.29) is 0 Å². The topological polar surface area (TPSA) is 24.5 Å².